The number of nitrogens with zero attached hydrogens (tertiary/aromatic N) is 2. The van der Waals surface area contributed by atoms with E-state index in [4.69, 9.17) is 4.74 Å². The highest BCUT2D eigenvalue weighted by Crippen LogP contribution is 2.32. The van der Waals surface area contributed by atoms with E-state index >= 15 is 0 Å². The predicted octanol–water partition coefficient (Wildman–Crippen LogP) is 2.22. The third-order valence-electron chi connectivity index (χ3n) is 4.35. The quantitative estimate of drug-likeness (QED) is 0.843. The molecule has 0 aliphatic carbocycles. The van der Waals surface area contributed by atoms with Gasteiger partial charge < -0.3 is 19.9 Å². The predicted molar refractivity (Wildman–Crippen MR) is 103 cm³/mol. The van der Waals surface area contributed by atoms with Crippen molar-refractivity contribution in [3.05, 3.63) is 46.7 Å². The third-order valence-corrected chi connectivity index (χ3v) is 5.22. The molecule has 0 spiro atoms. The van der Waals surface area contributed by atoms with Crippen molar-refractivity contribution >= 4 is 28.8 Å². The molecule has 1 N–H and O–H groups in total. The molecule has 3 rings (SSSR count). The van der Waals surface area contributed by atoms with Crippen LogP contribution in [0.3, 0.4) is 0 Å². The van der Waals surface area contributed by atoms with Crippen molar-refractivity contribution in [3.8, 4) is 5.75 Å². The van der Waals surface area contributed by atoms with Crippen molar-refractivity contribution in [2.45, 2.75) is 13.0 Å². The summed E-state index contributed by atoms with van der Waals surface area (Å²) in [7, 11) is 1.74. The van der Waals surface area contributed by atoms with E-state index in [1.54, 1.807) is 18.0 Å². The summed E-state index contributed by atoms with van der Waals surface area (Å²) < 4.78 is 6.05. The van der Waals surface area contributed by atoms with Crippen LogP contribution in [0.15, 0.2) is 41.8 Å². The second-order valence-electron chi connectivity index (χ2n) is 6.18. The van der Waals surface area contributed by atoms with E-state index in [9.17, 15) is 9.59 Å². The molecule has 26 heavy (non-hydrogen) atoms. The van der Waals surface area contributed by atoms with Gasteiger partial charge in [-0.1, -0.05) is 18.2 Å². The van der Waals surface area contributed by atoms with Gasteiger partial charge in [0.05, 0.1) is 30.2 Å². The molecule has 1 atom stereocenters. The zero-order valence-corrected chi connectivity index (χ0v) is 15.8. The Hall–Kier alpha value is -2.54. The second-order valence-corrected chi connectivity index (χ2v) is 7.13. The van der Waals surface area contributed by atoms with Crippen LogP contribution < -0.4 is 15.0 Å². The number of amides is 2. The summed E-state index contributed by atoms with van der Waals surface area (Å²) in [4.78, 5) is 28.7. The number of rotatable bonds is 6. The van der Waals surface area contributed by atoms with Crippen LogP contribution in [0.25, 0.3) is 0 Å². The summed E-state index contributed by atoms with van der Waals surface area (Å²) >= 11 is 1.35. The van der Waals surface area contributed by atoms with Gasteiger partial charge in [-0.05, 0) is 30.5 Å². The second kappa shape index (κ2) is 8.23. The Kier molecular flexibility index (Phi) is 5.78. The fourth-order valence-corrected chi connectivity index (χ4v) is 3.61. The molecule has 2 heterocycles. The van der Waals surface area contributed by atoms with Crippen LogP contribution in [0, 0.1) is 0 Å². The van der Waals surface area contributed by atoms with Crippen LogP contribution in [0.5, 0.6) is 5.75 Å². The summed E-state index contributed by atoms with van der Waals surface area (Å²) in [6.07, 6.45) is -0.105. The summed E-state index contributed by atoms with van der Waals surface area (Å²) in [6.45, 7) is 4.17. The van der Waals surface area contributed by atoms with Crippen LogP contribution >= 0.6 is 11.3 Å². The topological polar surface area (TPSA) is 61.9 Å². The van der Waals surface area contributed by atoms with Crippen molar-refractivity contribution < 1.29 is 14.3 Å². The molecule has 2 amide bonds. The van der Waals surface area contributed by atoms with Gasteiger partial charge in [0.25, 0.3) is 5.91 Å². The normalized spacial score (nSPS) is 15.8. The van der Waals surface area contributed by atoms with Gasteiger partial charge in [-0.2, -0.15) is 0 Å². The Morgan fingerprint density at radius 2 is 2.12 bits per heavy atom. The number of ether oxygens (including phenoxy) is 1. The summed E-state index contributed by atoms with van der Waals surface area (Å²) in [6, 6.07) is 11.5. The average Bonchev–Trinajstić information content (AvgIpc) is 3.19. The maximum absolute atomic E-state index is 12.3. The number of likely N-dealkylation sites (N-methyl/N-ethyl adjacent to an activating group) is 2. The molecule has 0 saturated heterocycles. The van der Waals surface area contributed by atoms with Crippen LogP contribution in [-0.4, -0.2) is 56.0 Å². The Morgan fingerprint density at radius 3 is 2.85 bits per heavy atom. The van der Waals surface area contributed by atoms with Crippen molar-refractivity contribution in [1.82, 2.24) is 10.2 Å². The number of para-hydroxylation sites is 2. The lowest BCUT2D eigenvalue weighted by Gasteiger charge is -2.37. The number of benzene rings is 1. The number of thiophene rings is 1. The number of anilines is 1. The first-order chi connectivity index (χ1) is 12.6. The Balaban J connectivity index is 1.53. The highest BCUT2D eigenvalue weighted by Gasteiger charge is 2.26. The van der Waals surface area contributed by atoms with Crippen LogP contribution in [0.4, 0.5) is 5.69 Å². The molecule has 2 aromatic rings. The highest BCUT2D eigenvalue weighted by molar-refractivity contribution is 7.12. The molecule has 0 radical (unpaired) electrons. The Morgan fingerprint density at radius 1 is 1.31 bits per heavy atom. The van der Waals surface area contributed by atoms with E-state index in [2.05, 4.69) is 17.1 Å². The summed E-state index contributed by atoms with van der Waals surface area (Å²) in [5.74, 6) is 0.486. The van der Waals surface area contributed by atoms with E-state index in [1.165, 1.54) is 11.3 Å². The van der Waals surface area contributed by atoms with Gasteiger partial charge in [0.15, 0.2) is 0 Å². The molecular formula is C19H23N3O3S. The average molecular weight is 373 g/mol. The van der Waals surface area contributed by atoms with Crippen molar-refractivity contribution in [2.75, 3.05) is 38.1 Å². The third kappa shape index (κ3) is 4.16. The van der Waals surface area contributed by atoms with Gasteiger partial charge >= 0.3 is 0 Å². The first-order valence-corrected chi connectivity index (χ1v) is 9.52. The molecule has 7 heteroatoms. The minimum Gasteiger partial charge on any atom is -0.485 e. The molecule has 1 aliphatic rings. The van der Waals surface area contributed by atoms with Crippen molar-refractivity contribution in [2.24, 2.45) is 0 Å². The van der Waals surface area contributed by atoms with Crippen LogP contribution in [0.2, 0.25) is 0 Å². The largest absolute Gasteiger partial charge is 0.485 e. The van der Waals surface area contributed by atoms with Gasteiger partial charge in [0, 0.05) is 13.6 Å². The fourth-order valence-electron chi connectivity index (χ4n) is 2.97. The van der Waals surface area contributed by atoms with Crippen molar-refractivity contribution in [3.63, 3.8) is 0 Å². The molecule has 0 unspecified atom stereocenters. The Labute approximate surface area is 157 Å². The van der Waals surface area contributed by atoms with Crippen LogP contribution in [-0.2, 0) is 4.79 Å². The van der Waals surface area contributed by atoms with Gasteiger partial charge in [-0.25, -0.2) is 0 Å². The standard InChI is InChI=1S/C19H23N3O3S/c1-3-22-13-14(25-16-8-5-4-7-15(16)22)12-21(2)18(23)11-20-19(24)17-9-6-10-26-17/h4-10,14H,3,11-13H2,1-2H3,(H,20,24)/t14-/m0/s1. The van der Waals surface area contributed by atoms with Gasteiger partial charge in [-0.15, -0.1) is 11.3 Å². The van der Waals surface area contributed by atoms with Gasteiger partial charge in [0.1, 0.15) is 11.9 Å². The Bertz CT molecular complexity index is 763. The fraction of sp³-hybridized carbons (Fsp3) is 0.368. The van der Waals surface area contributed by atoms with Crippen molar-refractivity contribution in [1.29, 1.82) is 0 Å². The number of hydrogen-bond acceptors (Lipinski definition) is 5. The summed E-state index contributed by atoms with van der Waals surface area (Å²) in [5, 5.41) is 4.50. The molecule has 0 saturated carbocycles. The van der Waals surface area contributed by atoms with E-state index in [0.29, 0.717) is 11.4 Å². The molecule has 0 bridgehead atoms. The maximum atomic E-state index is 12.3. The molecular weight excluding hydrogens is 350 g/mol. The highest BCUT2D eigenvalue weighted by atomic mass is 32.1. The molecule has 6 nitrogen and oxygen atoms in total. The summed E-state index contributed by atoms with van der Waals surface area (Å²) in [5.41, 5.74) is 1.09. The number of carbonyl (C=O) groups excluding carboxylic acids is 2. The molecule has 1 aromatic carbocycles. The molecule has 1 aliphatic heterocycles. The van der Waals surface area contributed by atoms with E-state index < -0.39 is 0 Å². The molecule has 1 aromatic heterocycles. The lowest BCUT2D eigenvalue weighted by molar-refractivity contribution is -0.129. The zero-order chi connectivity index (χ0) is 18.5. The number of hydrogen-bond donors (Lipinski definition) is 1. The maximum Gasteiger partial charge on any atom is 0.261 e. The smallest absolute Gasteiger partial charge is 0.261 e. The lowest BCUT2D eigenvalue weighted by Crippen LogP contribution is -2.48. The minimum atomic E-state index is -0.221. The number of nitrogens with one attached hydrogen (secondary N) is 1. The molecule has 0 fully saturated rings. The molecule has 138 valence electrons. The lowest BCUT2D eigenvalue weighted by atomic mass is 10.2. The van der Waals surface area contributed by atoms with E-state index in [-0.39, 0.29) is 24.5 Å². The zero-order valence-electron chi connectivity index (χ0n) is 15.0. The first kappa shape index (κ1) is 18.3. The van der Waals surface area contributed by atoms with E-state index in [0.717, 1.165) is 24.5 Å². The minimum absolute atomic E-state index is 0.0198. The van der Waals surface area contributed by atoms with Crippen LogP contribution in [0.1, 0.15) is 16.6 Å². The monoisotopic (exact) mass is 373 g/mol. The number of carbonyl (C=O) groups is 2. The van der Waals surface area contributed by atoms with Gasteiger partial charge in [0.2, 0.25) is 5.91 Å². The number of fused-ring (bicyclic) bond motifs is 1. The SMILES string of the molecule is CCN1C[C@H](CN(C)C(=O)CNC(=O)c2cccs2)Oc2ccccc21. The van der Waals surface area contributed by atoms with E-state index in [1.807, 2.05) is 35.7 Å². The first-order valence-electron chi connectivity index (χ1n) is 8.64. The van der Waals surface area contributed by atoms with Gasteiger partial charge in [-0.3, -0.25) is 9.59 Å².